The van der Waals surface area contributed by atoms with Crippen molar-refractivity contribution in [2.75, 3.05) is 13.6 Å². The number of thiol groups is 1. The van der Waals surface area contributed by atoms with Crippen LogP contribution in [0.2, 0.25) is 0 Å². The molecule has 0 bridgehead atoms. The third-order valence-electron chi connectivity index (χ3n) is 3.13. The van der Waals surface area contributed by atoms with Crippen molar-refractivity contribution in [2.45, 2.75) is 25.2 Å². The summed E-state index contributed by atoms with van der Waals surface area (Å²) in [4.78, 5) is 13.1. The maximum atomic E-state index is 10.9. The molecule has 1 aliphatic rings. The maximum Gasteiger partial charge on any atom is 0.275 e. The van der Waals surface area contributed by atoms with Crippen molar-refractivity contribution in [3.05, 3.63) is 0 Å². The molecule has 1 amide bonds. The van der Waals surface area contributed by atoms with E-state index in [9.17, 15) is 4.79 Å². The standard InChI is InChI=1S/C9H20B2N2OS/c1-13(11)5-4-7(6-2-3-6)8(10)12-9(14)15/h6-8H,2-5,10-11H2,1H3,(H2,12,14,15). The van der Waals surface area contributed by atoms with E-state index in [1.54, 1.807) is 0 Å². The Hall–Kier alpha value is -0.0901. The van der Waals surface area contributed by atoms with Gasteiger partial charge in [0, 0.05) is 5.94 Å². The average molecular weight is 226 g/mol. The Labute approximate surface area is 99.6 Å². The zero-order chi connectivity index (χ0) is 11.4. The second-order valence-electron chi connectivity index (χ2n) is 4.83. The van der Waals surface area contributed by atoms with Crippen LogP contribution in [0, 0.1) is 11.8 Å². The van der Waals surface area contributed by atoms with Gasteiger partial charge in [-0.25, -0.2) is 0 Å². The molecule has 0 heterocycles. The van der Waals surface area contributed by atoms with E-state index >= 15 is 0 Å². The summed E-state index contributed by atoms with van der Waals surface area (Å²) in [7, 11) is 6.27. The highest BCUT2D eigenvalue weighted by Gasteiger charge is 2.34. The topological polar surface area (TPSA) is 32.3 Å². The van der Waals surface area contributed by atoms with Gasteiger partial charge in [-0.3, -0.25) is 4.79 Å². The second-order valence-corrected chi connectivity index (χ2v) is 5.24. The fourth-order valence-electron chi connectivity index (χ4n) is 2.13. The first-order valence-electron chi connectivity index (χ1n) is 5.65. The first-order valence-corrected chi connectivity index (χ1v) is 6.09. The van der Waals surface area contributed by atoms with Crippen molar-refractivity contribution in [3.8, 4) is 0 Å². The van der Waals surface area contributed by atoms with Crippen LogP contribution < -0.4 is 5.32 Å². The van der Waals surface area contributed by atoms with Crippen molar-refractivity contribution >= 4 is 33.7 Å². The number of carbonyl (C=O) groups is 1. The number of amides is 1. The first-order chi connectivity index (χ1) is 7.00. The molecule has 1 rings (SSSR count). The van der Waals surface area contributed by atoms with E-state index in [1.807, 2.05) is 0 Å². The normalized spacial score (nSPS) is 19.9. The van der Waals surface area contributed by atoms with E-state index in [4.69, 9.17) is 0 Å². The molecule has 0 aliphatic heterocycles. The number of nitrogens with one attached hydrogen (secondary N) is 1. The summed E-state index contributed by atoms with van der Waals surface area (Å²) in [6, 6.07) is 0. The molecule has 6 heteroatoms. The van der Waals surface area contributed by atoms with Crippen LogP contribution in [0.1, 0.15) is 19.3 Å². The van der Waals surface area contributed by atoms with Crippen molar-refractivity contribution in [1.82, 2.24) is 10.1 Å². The van der Waals surface area contributed by atoms with Gasteiger partial charge in [0.05, 0.1) is 0 Å². The number of hydrogen-bond donors (Lipinski definition) is 2. The third-order valence-corrected chi connectivity index (χ3v) is 3.26. The van der Waals surface area contributed by atoms with Gasteiger partial charge in [0.2, 0.25) is 0 Å². The van der Waals surface area contributed by atoms with Gasteiger partial charge < -0.3 is 10.1 Å². The Morgan fingerprint density at radius 1 is 1.67 bits per heavy atom. The second kappa shape index (κ2) is 5.85. The lowest BCUT2D eigenvalue weighted by Crippen LogP contribution is -2.40. The molecule has 0 aromatic carbocycles. The summed E-state index contributed by atoms with van der Waals surface area (Å²) in [5, 5.41) is 2.68. The largest absolute Gasteiger partial charge is 0.352 e. The molecule has 3 nitrogen and oxygen atoms in total. The molecular weight excluding hydrogens is 206 g/mol. The lowest BCUT2D eigenvalue weighted by molar-refractivity contribution is 0.254. The minimum atomic E-state index is -0.210. The van der Waals surface area contributed by atoms with Crippen molar-refractivity contribution in [1.29, 1.82) is 0 Å². The zero-order valence-corrected chi connectivity index (χ0v) is 10.8. The molecule has 0 radical (unpaired) electrons. The molecular formula is C9H20B2N2OS. The summed E-state index contributed by atoms with van der Waals surface area (Å²) >= 11 is 3.77. The van der Waals surface area contributed by atoms with Gasteiger partial charge in [-0.15, -0.1) is 0 Å². The number of hydrogen-bond acceptors (Lipinski definition) is 2. The van der Waals surface area contributed by atoms with Gasteiger partial charge >= 0.3 is 0 Å². The lowest BCUT2D eigenvalue weighted by Gasteiger charge is -2.25. The minimum Gasteiger partial charge on any atom is -0.352 e. The molecule has 0 spiro atoms. The fraction of sp³-hybridized carbons (Fsp3) is 0.889. The van der Waals surface area contributed by atoms with Gasteiger partial charge in [0.25, 0.3) is 5.24 Å². The molecule has 2 atom stereocenters. The van der Waals surface area contributed by atoms with E-state index < -0.39 is 0 Å². The summed E-state index contributed by atoms with van der Waals surface area (Å²) in [6.45, 7) is 1.09. The molecule has 0 saturated heterocycles. The third kappa shape index (κ3) is 4.98. The van der Waals surface area contributed by atoms with E-state index in [0.717, 1.165) is 18.9 Å². The van der Waals surface area contributed by atoms with Crippen molar-refractivity contribution in [3.63, 3.8) is 0 Å². The Morgan fingerprint density at radius 3 is 2.67 bits per heavy atom. The smallest absolute Gasteiger partial charge is 0.275 e. The van der Waals surface area contributed by atoms with E-state index in [1.165, 1.54) is 12.8 Å². The summed E-state index contributed by atoms with van der Waals surface area (Å²) < 4.78 is 0. The van der Waals surface area contributed by atoms with Crippen LogP contribution in [-0.4, -0.2) is 45.4 Å². The SMILES string of the molecule is BC(NC(=O)S)C(CCN(B)C)C1CC1. The van der Waals surface area contributed by atoms with Crippen LogP contribution in [0.3, 0.4) is 0 Å². The molecule has 84 valence electrons. The highest BCUT2D eigenvalue weighted by Crippen LogP contribution is 2.39. The van der Waals surface area contributed by atoms with Crippen LogP contribution in [0.15, 0.2) is 0 Å². The molecule has 2 unspecified atom stereocenters. The zero-order valence-electron chi connectivity index (χ0n) is 9.86. The first kappa shape index (κ1) is 13.0. The Bertz CT molecular complexity index is 224. The van der Waals surface area contributed by atoms with Gasteiger partial charge in [-0.1, -0.05) is 12.6 Å². The predicted molar refractivity (Wildman–Crippen MR) is 71.9 cm³/mol. The Morgan fingerprint density at radius 2 is 2.27 bits per heavy atom. The average Bonchev–Trinajstić information content (AvgIpc) is 2.86. The summed E-state index contributed by atoms with van der Waals surface area (Å²) in [6.07, 6.45) is 3.81. The number of carbonyl (C=O) groups excluding carboxylic acids is 1. The van der Waals surface area contributed by atoms with Gasteiger partial charge in [-0.2, -0.15) is 0 Å². The Balaban J connectivity index is 2.38. The Kier molecular flexibility index (Phi) is 5.06. The molecule has 0 aromatic rings. The molecule has 1 saturated carbocycles. The highest BCUT2D eigenvalue weighted by atomic mass is 32.1. The van der Waals surface area contributed by atoms with Crippen LogP contribution in [0.4, 0.5) is 4.79 Å². The van der Waals surface area contributed by atoms with Gasteiger partial charge in [0.1, 0.15) is 7.85 Å². The van der Waals surface area contributed by atoms with Crippen LogP contribution in [-0.2, 0) is 0 Å². The quantitative estimate of drug-likeness (QED) is 0.471. The van der Waals surface area contributed by atoms with E-state index in [2.05, 4.69) is 45.6 Å². The van der Waals surface area contributed by atoms with E-state index in [0.29, 0.717) is 5.92 Å². The van der Waals surface area contributed by atoms with Gasteiger partial charge in [0.15, 0.2) is 7.98 Å². The molecule has 1 N–H and O–H groups in total. The van der Waals surface area contributed by atoms with Crippen molar-refractivity contribution in [2.24, 2.45) is 11.8 Å². The van der Waals surface area contributed by atoms with Gasteiger partial charge in [-0.05, 0) is 44.7 Å². The molecule has 1 fully saturated rings. The van der Waals surface area contributed by atoms with Crippen LogP contribution in [0.5, 0.6) is 0 Å². The molecule has 15 heavy (non-hydrogen) atoms. The maximum absolute atomic E-state index is 10.9. The molecule has 0 aromatic heterocycles. The molecule has 1 aliphatic carbocycles. The van der Waals surface area contributed by atoms with Crippen LogP contribution >= 0.6 is 12.6 Å². The monoisotopic (exact) mass is 226 g/mol. The summed E-state index contributed by atoms with van der Waals surface area (Å²) in [5.74, 6) is 1.69. The van der Waals surface area contributed by atoms with Crippen molar-refractivity contribution < 1.29 is 4.79 Å². The number of nitrogens with zero attached hydrogens (tertiary/aromatic N) is 1. The minimum absolute atomic E-state index is 0.210. The number of rotatable bonds is 6. The van der Waals surface area contributed by atoms with E-state index in [-0.39, 0.29) is 11.2 Å². The summed E-state index contributed by atoms with van der Waals surface area (Å²) in [5.41, 5.74) is 0. The predicted octanol–water partition coefficient (Wildman–Crippen LogP) is -0.519. The highest BCUT2D eigenvalue weighted by molar-refractivity contribution is 7.96. The van der Waals surface area contributed by atoms with Crippen LogP contribution in [0.25, 0.3) is 0 Å². The lowest BCUT2D eigenvalue weighted by atomic mass is 9.79. The fourth-order valence-corrected chi connectivity index (χ4v) is 2.33.